The van der Waals surface area contributed by atoms with Crippen molar-refractivity contribution in [3.63, 3.8) is 0 Å². The molecule has 126 valence electrons. The molecule has 0 unspecified atom stereocenters. The highest BCUT2D eigenvalue weighted by Crippen LogP contribution is 2.27. The van der Waals surface area contributed by atoms with Crippen molar-refractivity contribution >= 4 is 5.91 Å². The summed E-state index contributed by atoms with van der Waals surface area (Å²) in [5.74, 6) is 0.560. The number of hydrogen-bond acceptors (Lipinski definition) is 4. The van der Waals surface area contributed by atoms with Gasteiger partial charge in [0.05, 0.1) is 13.2 Å². The second-order valence-corrected chi connectivity index (χ2v) is 6.32. The molecule has 2 heterocycles. The van der Waals surface area contributed by atoms with Gasteiger partial charge in [0.25, 0.3) is 5.91 Å². The van der Waals surface area contributed by atoms with Crippen molar-refractivity contribution in [1.82, 2.24) is 15.5 Å². The van der Waals surface area contributed by atoms with Crippen LogP contribution in [0.1, 0.15) is 34.7 Å². The number of carbonyl (C=O) groups excluding carboxylic acids is 1. The summed E-state index contributed by atoms with van der Waals surface area (Å²) < 4.78 is 5.35. The van der Waals surface area contributed by atoms with Gasteiger partial charge in [0.15, 0.2) is 0 Å². The van der Waals surface area contributed by atoms with Crippen LogP contribution >= 0.6 is 0 Å². The fourth-order valence-corrected chi connectivity index (χ4v) is 3.44. The largest absolute Gasteiger partial charge is 0.379 e. The number of rotatable bonds is 5. The molecule has 0 bridgehead atoms. The summed E-state index contributed by atoms with van der Waals surface area (Å²) in [7, 11) is 0. The van der Waals surface area contributed by atoms with E-state index in [1.54, 1.807) is 0 Å². The summed E-state index contributed by atoms with van der Waals surface area (Å²) in [6, 6.07) is 8.08. The Morgan fingerprint density at radius 3 is 2.74 bits per heavy atom. The van der Waals surface area contributed by atoms with Crippen LogP contribution in [0, 0.1) is 0 Å². The van der Waals surface area contributed by atoms with Crippen LogP contribution in [0.3, 0.4) is 0 Å². The molecule has 0 aromatic heterocycles. The van der Waals surface area contributed by atoms with E-state index in [2.05, 4.69) is 21.6 Å². The Labute approximate surface area is 138 Å². The lowest BCUT2D eigenvalue weighted by molar-refractivity contribution is 0.0383. The molecular weight excluding hydrogens is 290 g/mol. The monoisotopic (exact) mass is 317 g/mol. The summed E-state index contributed by atoms with van der Waals surface area (Å²) in [6.45, 7) is 7.18. The predicted molar refractivity (Wildman–Crippen MR) is 90.9 cm³/mol. The Hall–Kier alpha value is -1.43. The molecule has 5 nitrogen and oxygen atoms in total. The Kier molecular flexibility index (Phi) is 6.02. The van der Waals surface area contributed by atoms with Crippen molar-refractivity contribution in [2.24, 2.45) is 0 Å². The van der Waals surface area contributed by atoms with Gasteiger partial charge in [-0.05, 0) is 43.5 Å². The maximum absolute atomic E-state index is 12.6. The van der Waals surface area contributed by atoms with E-state index in [-0.39, 0.29) is 5.91 Å². The van der Waals surface area contributed by atoms with Crippen LogP contribution in [0.2, 0.25) is 0 Å². The summed E-state index contributed by atoms with van der Waals surface area (Å²) in [5.41, 5.74) is 2.05. The van der Waals surface area contributed by atoms with Gasteiger partial charge in [0, 0.05) is 31.7 Å². The topological polar surface area (TPSA) is 53.6 Å². The van der Waals surface area contributed by atoms with E-state index in [4.69, 9.17) is 4.74 Å². The highest BCUT2D eigenvalue weighted by atomic mass is 16.5. The Balaban J connectivity index is 1.56. The van der Waals surface area contributed by atoms with E-state index < -0.39 is 0 Å². The number of hydrogen-bond donors (Lipinski definition) is 2. The average Bonchev–Trinajstić information content (AvgIpc) is 2.63. The van der Waals surface area contributed by atoms with E-state index in [1.165, 1.54) is 5.56 Å². The second-order valence-electron chi connectivity index (χ2n) is 6.32. The molecule has 0 spiro atoms. The molecule has 2 aliphatic heterocycles. The Bertz CT molecular complexity index is 509. The predicted octanol–water partition coefficient (Wildman–Crippen LogP) is 1.22. The molecule has 2 saturated heterocycles. The number of nitrogens with zero attached hydrogens (tertiary/aromatic N) is 1. The van der Waals surface area contributed by atoms with Crippen molar-refractivity contribution in [3.8, 4) is 0 Å². The van der Waals surface area contributed by atoms with Gasteiger partial charge in [-0.2, -0.15) is 0 Å². The first-order chi connectivity index (χ1) is 11.3. The van der Waals surface area contributed by atoms with Gasteiger partial charge in [-0.3, -0.25) is 9.69 Å². The van der Waals surface area contributed by atoms with Crippen LogP contribution < -0.4 is 10.6 Å². The highest BCUT2D eigenvalue weighted by molar-refractivity contribution is 5.95. The molecule has 23 heavy (non-hydrogen) atoms. The Morgan fingerprint density at radius 1 is 1.22 bits per heavy atom. The summed E-state index contributed by atoms with van der Waals surface area (Å²) in [5, 5.41) is 6.48. The lowest BCUT2D eigenvalue weighted by Gasteiger charge is -2.27. The normalized spacial score (nSPS) is 20.3. The van der Waals surface area contributed by atoms with Gasteiger partial charge in [0.1, 0.15) is 0 Å². The number of benzene rings is 1. The maximum Gasteiger partial charge on any atom is 0.251 e. The third kappa shape index (κ3) is 4.53. The number of nitrogens with one attached hydrogen (secondary N) is 2. The lowest BCUT2D eigenvalue weighted by atomic mass is 9.87. The fraction of sp³-hybridized carbons (Fsp3) is 0.611. The van der Waals surface area contributed by atoms with Crippen LogP contribution in [0.4, 0.5) is 0 Å². The van der Waals surface area contributed by atoms with Gasteiger partial charge in [-0.15, -0.1) is 0 Å². The van der Waals surface area contributed by atoms with Crippen LogP contribution in [-0.4, -0.2) is 63.3 Å². The smallest absolute Gasteiger partial charge is 0.251 e. The van der Waals surface area contributed by atoms with E-state index in [0.717, 1.165) is 64.3 Å². The molecule has 2 N–H and O–H groups in total. The Morgan fingerprint density at radius 2 is 1.96 bits per heavy atom. The average molecular weight is 317 g/mol. The van der Waals surface area contributed by atoms with E-state index in [9.17, 15) is 4.79 Å². The first kappa shape index (κ1) is 16.4. The molecule has 0 radical (unpaired) electrons. The molecule has 1 aromatic carbocycles. The lowest BCUT2D eigenvalue weighted by Crippen LogP contribution is -2.41. The fourth-order valence-electron chi connectivity index (χ4n) is 3.44. The third-order valence-electron chi connectivity index (χ3n) is 4.80. The molecule has 0 aliphatic carbocycles. The zero-order valence-corrected chi connectivity index (χ0v) is 13.7. The second kappa shape index (κ2) is 8.43. The zero-order chi connectivity index (χ0) is 15.9. The molecule has 3 rings (SSSR count). The number of ether oxygens (including phenoxy) is 1. The highest BCUT2D eigenvalue weighted by Gasteiger charge is 2.20. The SMILES string of the molecule is O=C(NCCN1CCOCC1)c1ccccc1C1CCNCC1. The quantitative estimate of drug-likeness (QED) is 0.857. The first-order valence-corrected chi connectivity index (χ1v) is 8.72. The van der Waals surface area contributed by atoms with Crippen LogP contribution in [-0.2, 0) is 4.74 Å². The third-order valence-corrected chi connectivity index (χ3v) is 4.80. The standard InChI is InChI=1S/C18H27N3O2/c22-18(20-9-10-21-11-13-23-14-12-21)17-4-2-1-3-16(17)15-5-7-19-8-6-15/h1-4,15,19H,5-14H2,(H,20,22). The maximum atomic E-state index is 12.6. The van der Waals surface area contributed by atoms with Crippen LogP contribution in [0.25, 0.3) is 0 Å². The first-order valence-electron chi connectivity index (χ1n) is 8.72. The van der Waals surface area contributed by atoms with Gasteiger partial charge in [-0.1, -0.05) is 18.2 Å². The number of piperidine rings is 1. The minimum atomic E-state index is 0.0624. The molecule has 1 amide bonds. The summed E-state index contributed by atoms with van der Waals surface area (Å²) >= 11 is 0. The van der Waals surface area contributed by atoms with Crippen molar-refractivity contribution in [2.45, 2.75) is 18.8 Å². The van der Waals surface area contributed by atoms with Gasteiger partial charge in [-0.25, -0.2) is 0 Å². The van der Waals surface area contributed by atoms with E-state index in [1.807, 2.05) is 18.2 Å². The molecule has 1 aromatic rings. The summed E-state index contributed by atoms with van der Waals surface area (Å²) in [4.78, 5) is 14.9. The minimum Gasteiger partial charge on any atom is -0.379 e. The molecular formula is C18H27N3O2. The number of amides is 1. The molecule has 0 saturated carbocycles. The van der Waals surface area contributed by atoms with Crippen molar-refractivity contribution in [2.75, 3.05) is 52.5 Å². The molecule has 2 fully saturated rings. The van der Waals surface area contributed by atoms with Gasteiger partial charge >= 0.3 is 0 Å². The van der Waals surface area contributed by atoms with E-state index >= 15 is 0 Å². The molecule has 5 heteroatoms. The van der Waals surface area contributed by atoms with Crippen molar-refractivity contribution < 1.29 is 9.53 Å². The van der Waals surface area contributed by atoms with Crippen LogP contribution in [0.15, 0.2) is 24.3 Å². The van der Waals surface area contributed by atoms with Crippen LogP contribution in [0.5, 0.6) is 0 Å². The number of carbonyl (C=O) groups is 1. The minimum absolute atomic E-state index is 0.0624. The van der Waals surface area contributed by atoms with E-state index in [0.29, 0.717) is 12.5 Å². The van der Waals surface area contributed by atoms with Crippen molar-refractivity contribution in [1.29, 1.82) is 0 Å². The molecule has 0 atom stereocenters. The zero-order valence-electron chi connectivity index (χ0n) is 13.7. The number of morpholine rings is 1. The van der Waals surface area contributed by atoms with Crippen molar-refractivity contribution in [3.05, 3.63) is 35.4 Å². The molecule has 2 aliphatic rings. The van der Waals surface area contributed by atoms with Gasteiger partial charge < -0.3 is 15.4 Å². The van der Waals surface area contributed by atoms with Gasteiger partial charge in [0.2, 0.25) is 0 Å². The summed E-state index contributed by atoms with van der Waals surface area (Å²) in [6.07, 6.45) is 2.22.